The van der Waals surface area contributed by atoms with Crippen LogP contribution in [0.25, 0.3) is 0 Å². The summed E-state index contributed by atoms with van der Waals surface area (Å²) in [7, 11) is 4.21. The van der Waals surface area contributed by atoms with Gasteiger partial charge in [-0.2, -0.15) is 13.2 Å². The first-order chi connectivity index (χ1) is 8.78. The molecule has 0 saturated carbocycles. The first-order valence-electron chi connectivity index (χ1n) is 6.97. The fourth-order valence-electron chi connectivity index (χ4n) is 2.37. The summed E-state index contributed by atoms with van der Waals surface area (Å²) < 4.78 is 36.1. The summed E-state index contributed by atoms with van der Waals surface area (Å²) in [5.41, 5.74) is 0. The van der Waals surface area contributed by atoms with Crippen LogP contribution in [0.5, 0.6) is 0 Å². The highest BCUT2D eigenvalue weighted by Crippen LogP contribution is 2.22. The Balaban J connectivity index is 2.16. The molecule has 1 saturated heterocycles. The maximum absolute atomic E-state index is 12.0. The molecule has 2 unspecified atom stereocenters. The summed E-state index contributed by atoms with van der Waals surface area (Å²) in [5.74, 6) is 0. The van der Waals surface area contributed by atoms with Gasteiger partial charge in [-0.1, -0.05) is 0 Å². The van der Waals surface area contributed by atoms with Crippen LogP contribution in [0.1, 0.15) is 26.2 Å². The van der Waals surface area contributed by atoms with Gasteiger partial charge in [0.05, 0.1) is 0 Å². The number of likely N-dealkylation sites (N-methyl/N-ethyl adjacent to an activating group) is 2. The van der Waals surface area contributed by atoms with Crippen LogP contribution in [-0.4, -0.2) is 68.3 Å². The molecule has 1 N–H and O–H groups in total. The van der Waals surface area contributed by atoms with Crippen molar-refractivity contribution in [1.29, 1.82) is 0 Å². The lowest BCUT2D eigenvalue weighted by molar-refractivity contribution is -0.135. The number of nitrogens with zero attached hydrogens (tertiary/aromatic N) is 2. The molecule has 0 spiro atoms. The summed E-state index contributed by atoms with van der Waals surface area (Å²) in [5, 5.41) is 3.35. The van der Waals surface area contributed by atoms with Gasteiger partial charge in [-0.25, -0.2) is 0 Å². The zero-order valence-corrected chi connectivity index (χ0v) is 12.1. The van der Waals surface area contributed by atoms with E-state index in [9.17, 15) is 13.2 Å². The van der Waals surface area contributed by atoms with Gasteiger partial charge in [-0.05, 0) is 33.9 Å². The highest BCUT2D eigenvalue weighted by molar-refractivity contribution is 4.81. The predicted molar refractivity (Wildman–Crippen MR) is 71.3 cm³/mol. The fraction of sp³-hybridized carbons (Fsp3) is 1.00. The van der Waals surface area contributed by atoms with E-state index in [1.165, 1.54) is 0 Å². The monoisotopic (exact) mass is 281 g/mol. The zero-order valence-electron chi connectivity index (χ0n) is 12.1. The van der Waals surface area contributed by atoms with E-state index in [2.05, 4.69) is 29.2 Å². The summed E-state index contributed by atoms with van der Waals surface area (Å²) in [6.07, 6.45) is -3.92. The maximum atomic E-state index is 12.0. The van der Waals surface area contributed by atoms with Crippen LogP contribution >= 0.6 is 0 Å². The number of hydrogen-bond donors (Lipinski definition) is 1. The largest absolute Gasteiger partial charge is 0.389 e. The number of hydrogen-bond acceptors (Lipinski definition) is 3. The zero-order chi connectivity index (χ0) is 14.5. The van der Waals surface area contributed by atoms with Crippen LogP contribution in [0.4, 0.5) is 13.2 Å². The molecule has 0 amide bonds. The third kappa shape index (κ3) is 7.13. The molecule has 114 valence electrons. The van der Waals surface area contributed by atoms with Crippen LogP contribution in [0.15, 0.2) is 0 Å². The Morgan fingerprint density at radius 1 is 1.26 bits per heavy atom. The second-order valence-corrected chi connectivity index (χ2v) is 5.71. The first-order valence-corrected chi connectivity index (χ1v) is 6.97. The van der Waals surface area contributed by atoms with Crippen molar-refractivity contribution in [2.24, 2.45) is 0 Å². The molecule has 0 aromatic rings. The van der Waals surface area contributed by atoms with E-state index in [4.69, 9.17) is 0 Å². The van der Waals surface area contributed by atoms with E-state index in [1.54, 1.807) is 0 Å². The molecule has 0 aromatic heterocycles. The van der Waals surface area contributed by atoms with E-state index in [-0.39, 0.29) is 12.5 Å². The van der Waals surface area contributed by atoms with Gasteiger partial charge >= 0.3 is 6.18 Å². The molecular weight excluding hydrogens is 255 g/mol. The molecular formula is C13H26F3N3. The van der Waals surface area contributed by atoms with E-state index < -0.39 is 12.6 Å². The Hall–Kier alpha value is -0.330. The van der Waals surface area contributed by atoms with Gasteiger partial charge in [-0.3, -0.25) is 4.90 Å². The van der Waals surface area contributed by atoms with Gasteiger partial charge in [0.1, 0.15) is 0 Å². The average Bonchev–Trinajstić information content (AvgIpc) is 2.28. The van der Waals surface area contributed by atoms with Crippen LogP contribution in [0.2, 0.25) is 0 Å². The SMILES string of the molecule is CC(CCCC(F)(F)F)NCC1CN(C)CCN1C. The Morgan fingerprint density at radius 2 is 1.95 bits per heavy atom. The Morgan fingerprint density at radius 3 is 2.58 bits per heavy atom. The highest BCUT2D eigenvalue weighted by atomic mass is 19.4. The molecule has 1 fully saturated rings. The molecule has 0 aromatic carbocycles. The molecule has 1 rings (SSSR count). The second-order valence-electron chi connectivity index (χ2n) is 5.71. The molecule has 0 aliphatic carbocycles. The van der Waals surface area contributed by atoms with Gasteiger partial charge in [0.25, 0.3) is 0 Å². The van der Waals surface area contributed by atoms with Gasteiger partial charge in [-0.15, -0.1) is 0 Å². The number of halogens is 3. The first kappa shape index (κ1) is 16.7. The summed E-state index contributed by atoms with van der Waals surface area (Å²) in [6, 6.07) is 0.590. The van der Waals surface area contributed by atoms with Crippen LogP contribution < -0.4 is 5.32 Å². The van der Waals surface area contributed by atoms with Crippen LogP contribution in [-0.2, 0) is 0 Å². The van der Waals surface area contributed by atoms with Crippen molar-refractivity contribution in [2.75, 3.05) is 40.3 Å². The van der Waals surface area contributed by atoms with E-state index in [0.717, 1.165) is 26.2 Å². The molecule has 2 atom stereocenters. The topological polar surface area (TPSA) is 18.5 Å². The second kappa shape index (κ2) is 7.45. The van der Waals surface area contributed by atoms with Gasteiger partial charge in [0.2, 0.25) is 0 Å². The van der Waals surface area contributed by atoms with Crippen molar-refractivity contribution in [3.63, 3.8) is 0 Å². The lowest BCUT2D eigenvalue weighted by atomic mass is 10.1. The maximum Gasteiger partial charge on any atom is 0.389 e. The van der Waals surface area contributed by atoms with Crippen molar-refractivity contribution in [3.8, 4) is 0 Å². The minimum absolute atomic E-state index is 0.142. The number of nitrogens with one attached hydrogen (secondary N) is 1. The molecule has 1 aliphatic heterocycles. The average molecular weight is 281 g/mol. The number of rotatable bonds is 6. The van der Waals surface area contributed by atoms with Crippen molar-refractivity contribution >= 4 is 0 Å². The number of alkyl halides is 3. The smallest absolute Gasteiger partial charge is 0.313 e. The van der Waals surface area contributed by atoms with Crippen molar-refractivity contribution in [2.45, 2.75) is 44.4 Å². The normalized spacial score (nSPS) is 24.6. The summed E-state index contributed by atoms with van der Waals surface area (Å²) in [4.78, 5) is 4.61. The fourth-order valence-corrected chi connectivity index (χ4v) is 2.37. The van der Waals surface area contributed by atoms with Crippen LogP contribution in [0.3, 0.4) is 0 Å². The van der Waals surface area contributed by atoms with Crippen molar-refractivity contribution < 1.29 is 13.2 Å². The predicted octanol–water partition coefficient (Wildman–Crippen LogP) is 1.94. The number of piperazine rings is 1. The quantitative estimate of drug-likeness (QED) is 0.803. The van der Waals surface area contributed by atoms with E-state index >= 15 is 0 Å². The minimum atomic E-state index is -4.02. The van der Waals surface area contributed by atoms with Gasteiger partial charge in [0, 0.05) is 44.7 Å². The molecule has 1 aliphatic rings. The van der Waals surface area contributed by atoms with E-state index in [0.29, 0.717) is 12.5 Å². The third-order valence-electron chi connectivity index (χ3n) is 3.78. The van der Waals surface area contributed by atoms with E-state index in [1.807, 2.05) is 6.92 Å². The van der Waals surface area contributed by atoms with Gasteiger partial charge in [0.15, 0.2) is 0 Å². The molecule has 6 heteroatoms. The molecule has 19 heavy (non-hydrogen) atoms. The molecule has 3 nitrogen and oxygen atoms in total. The Kier molecular flexibility index (Phi) is 6.56. The Labute approximate surface area is 114 Å². The lowest BCUT2D eigenvalue weighted by Gasteiger charge is -2.38. The molecule has 0 radical (unpaired) electrons. The molecule has 0 bridgehead atoms. The summed E-state index contributed by atoms with van der Waals surface area (Å²) >= 11 is 0. The summed E-state index contributed by atoms with van der Waals surface area (Å²) in [6.45, 7) is 5.94. The highest BCUT2D eigenvalue weighted by Gasteiger charge is 2.26. The van der Waals surface area contributed by atoms with Crippen LogP contribution in [0, 0.1) is 0 Å². The minimum Gasteiger partial charge on any atom is -0.313 e. The van der Waals surface area contributed by atoms with Crippen molar-refractivity contribution in [3.05, 3.63) is 0 Å². The van der Waals surface area contributed by atoms with Crippen molar-refractivity contribution in [1.82, 2.24) is 15.1 Å². The van der Waals surface area contributed by atoms with Gasteiger partial charge < -0.3 is 10.2 Å². The third-order valence-corrected chi connectivity index (χ3v) is 3.78. The molecule has 1 heterocycles. The standard InChI is InChI=1S/C13H26F3N3/c1-11(5-4-6-13(14,15)16)17-9-12-10-18(2)7-8-19(12)3/h11-12,17H,4-10H2,1-3H3. The Bertz CT molecular complexity index is 258. The lowest BCUT2D eigenvalue weighted by Crippen LogP contribution is -2.54.